The van der Waals surface area contributed by atoms with Crippen LogP contribution in [0, 0.1) is 17.6 Å². The Hall–Kier alpha value is -1.38. The van der Waals surface area contributed by atoms with Crippen molar-refractivity contribution in [2.75, 3.05) is 0 Å². The van der Waals surface area contributed by atoms with E-state index in [0.717, 1.165) is 16.7 Å². The Labute approximate surface area is 181 Å². The van der Waals surface area contributed by atoms with Crippen molar-refractivity contribution in [3.05, 3.63) is 96.9 Å². The van der Waals surface area contributed by atoms with Gasteiger partial charge in [0.1, 0.15) is 0 Å². The van der Waals surface area contributed by atoms with E-state index in [9.17, 15) is 8.78 Å². The number of allylic oxidation sites excluding steroid dienone is 5. The van der Waals surface area contributed by atoms with Gasteiger partial charge in [0, 0.05) is 0 Å². The van der Waals surface area contributed by atoms with Gasteiger partial charge in [0.2, 0.25) is 0 Å². The second kappa shape index (κ2) is 7.07. The molecule has 0 N–H and O–H groups in total. The van der Waals surface area contributed by atoms with Crippen LogP contribution in [0.4, 0.5) is 8.78 Å². The fraction of sp³-hybridized carbons (Fsp3) is 0.308. The third kappa shape index (κ3) is 3.14. The van der Waals surface area contributed by atoms with Crippen LogP contribution in [0.25, 0.3) is 5.57 Å². The van der Waals surface area contributed by atoms with Gasteiger partial charge in [-0.05, 0) is 0 Å². The molecular formula is C26H30F2SiZr. The standard InChI is InChI=1S/C15H9F2.C9H13.2CH3.H2Si.Zr/c16-14-8-6-11(9-15(14)17)13-7-5-10-3-1-2-4-12(10)13;1-6-5-7(2)9(4)8(6)3;;;;/h1-9H;6H,1-4H3;2*1H3;1H2;. The Kier molecular flexibility index (Phi) is 5.15. The quantitative estimate of drug-likeness (QED) is 0.397. The number of hydrogen-bond donors (Lipinski definition) is 0. The van der Waals surface area contributed by atoms with Gasteiger partial charge >= 0.3 is 182 Å². The van der Waals surface area contributed by atoms with Gasteiger partial charge in [0.05, 0.1) is 0 Å². The minimum absolute atomic E-state index is 0.343. The van der Waals surface area contributed by atoms with Crippen LogP contribution in [-0.4, -0.2) is 6.88 Å². The molecule has 2 aliphatic rings. The number of hydrogen-bond acceptors (Lipinski definition) is 0. The van der Waals surface area contributed by atoms with Gasteiger partial charge in [0.15, 0.2) is 0 Å². The van der Waals surface area contributed by atoms with Crippen molar-refractivity contribution >= 4 is 12.5 Å². The summed E-state index contributed by atoms with van der Waals surface area (Å²) in [5.41, 5.74) is 8.73. The Balaban J connectivity index is 1.94. The molecule has 4 rings (SSSR count). The van der Waals surface area contributed by atoms with Crippen molar-refractivity contribution < 1.29 is 26.2 Å². The van der Waals surface area contributed by atoms with Gasteiger partial charge in [-0.15, -0.1) is 0 Å². The van der Waals surface area contributed by atoms with Crippen molar-refractivity contribution in [3.63, 3.8) is 0 Å². The molecule has 0 saturated heterocycles. The van der Waals surface area contributed by atoms with Crippen molar-refractivity contribution in [1.29, 1.82) is 0 Å². The van der Waals surface area contributed by atoms with Gasteiger partial charge in [-0.1, -0.05) is 0 Å². The molecule has 2 aromatic rings. The Morgan fingerprint density at radius 1 is 0.900 bits per heavy atom. The van der Waals surface area contributed by atoms with Crippen LogP contribution < -0.4 is 0 Å². The molecule has 0 bridgehead atoms. The molecule has 0 spiro atoms. The van der Waals surface area contributed by atoms with Crippen molar-refractivity contribution in [2.24, 2.45) is 5.92 Å². The van der Waals surface area contributed by atoms with E-state index in [2.05, 4.69) is 68.1 Å². The monoisotopic (exact) mass is 498 g/mol. The van der Waals surface area contributed by atoms with E-state index in [1.54, 1.807) is 9.35 Å². The number of fused-ring (bicyclic) bond motifs is 1. The molecule has 2 aromatic carbocycles. The average molecular weight is 500 g/mol. The number of benzene rings is 2. The molecule has 0 amide bonds. The molecular weight excluding hydrogens is 470 g/mol. The first-order valence-electron chi connectivity index (χ1n) is 10.7. The third-order valence-electron chi connectivity index (χ3n) is 7.67. The van der Waals surface area contributed by atoms with Crippen LogP contribution in [0.5, 0.6) is 0 Å². The zero-order valence-corrected chi connectivity index (χ0v) is 22.6. The second-order valence-corrected chi connectivity index (χ2v) is 39.7. The van der Waals surface area contributed by atoms with Crippen LogP contribution in [0.3, 0.4) is 0 Å². The van der Waals surface area contributed by atoms with Gasteiger partial charge in [-0.2, -0.15) is 0 Å². The summed E-state index contributed by atoms with van der Waals surface area (Å²) in [6, 6.07) is 12.8. The topological polar surface area (TPSA) is 0 Å². The fourth-order valence-corrected chi connectivity index (χ4v) is 24.4. The number of rotatable bonds is 3. The molecule has 4 heteroatoms. The van der Waals surface area contributed by atoms with Gasteiger partial charge in [-0.25, -0.2) is 0 Å². The van der Waals surface area contributed by atoms with E-state index < -0.39 is 29.0 Å². The van der Waals surface area contributed by atoms with Crippen LogP contribution in [-0.2, 0) is 17.4 Å². The van der Waals surface area contributed by atoms with Crippen LogP contribution in [0.2, 0.25) is 9.26 Å². The molecule has 0 aliphatic heterocycles. The van der Waals surface area contributed by atoms with Crippen LogP contribution in [0.1, 0.15) is 48.0 Å². The third-order valence-corrected chi connectivity index (χ3v) is 24.9. The molecule has 0 aromatic heterocycles. The van der Waals surface area contributed by atoms with Crippen LogP contribution in [0.15, 0.2) is 68.5 Å². The summed E-state index contributed by atoms with van der Waals surface area (Å²) in [5.74, 6) is -1.10. The molecule has 0 fully saturated rings. The van der Waals surface area contributed by atoms with Gasteiger partial charge in [0.25, 0.3) is 0 Å². The summed E-state index contributed by atoms with van der Waals surface area (Å²) < 4.78 is 34.8. The summed E-state index contributed by atoms with van der Waals surface area (Å²) in [5, 5.41) is 0. The molecule has 0 saturated carbocycles. The molecule has 156 valence electrons. The van der Waals surface area contributed by atoms with E-state index in [1.807, 2.05) is 6.07 Å². The molecule has 2 atom stereocenters. The fourth-order valence-electron chi connectivity index (χ4n) is 5.90. The predicted octanol–water partition coefficient (Wildman–Crippen LogP) is 7.05. The number of halogens is 2. The van der Waals surface area contributed by atoms with Crippen molar-refractivity contribution in [2.45, 2.75) is 40.6 Å². The summed E-state index contributed by atoms with van der Waals surface area (Å²) >= 11 is -3.48. The SMILES string of the molecule is CC1=C(C)C(C)[C]([Zr]([CH3])([CH3])(=[SiH2])[CH]2C=C(c3ccc(F)c(F)c3)c3ccccc32)=C1C. The van der Waals surface area contributed by atoms with E-state index in [0.29, 0.717) is 9.54 Å². The summed E-state index contributed by atoms with van der Waals surface area (Å²) in [6.07, 6.45) is 2.37. The van der Waals surface area contributed by atoms with E-state index >= 15 is 0 Å². The first-order chi connectivity index (χ1) is 13.9. The normalized spacial score (nSPS) is 22.0. The first kappa shape index (κ1) is 21.8. The zero-order valence-electron chi connectivity index (χ0n) is 18.7. The minimum atomic E-state index is -3.48. The molecule has 2 aliphatic carbocycles. The average Bonchev–Trinajstić information content (AvgIpc) is 3.17. The summed E-state index contributed by atoms with van der Waals surface area (Å²) in [4.78, 5) is 0. The first-order valence-corrected chi connectivity index (χ1v) is 24.1. The molecule has 0 nitrogen and oxygen atoms in total. The molecule has 0 radical (unpaired) electrons. The summed E-state index contributed by atoms with van der Waals surface area (Å²) in [6.45, 7) is 11.5. The van der Waals surface area contributed by atoms with Gasteiger partial charge < -0.3 is 0 Å². The predicted molar refractivity (Wildman–Crippen MR) is 123 cm³/mol. The molecule has 30 heavy (non-hydrogen) atoms. The summed E-state index contributed by atoms with van der Waals surface area (Å²) in [7, 11) is 0. The van der Waals surface area contributed by atoms with Crippen molar-refractivity contribution in [1.82, 2.24) is 0 Å². The van der Waals surface area contributed by atoms with E-state index in [4.69, 9.17) is 0 Å². The van der Waals surface area contributed by atoms with E-state index in [-0.39, 0.29) is 0 Å². The maximum atomic E-state index is 14.0. The maximum absolute atomic E-state index is 14.0. The Bertz CT molecular complexity index is 1240. The second-order valence-electron chi connectivity index (χ2n) is 10.2. The molecule has 0 heterocycles. The van der Waals surface area contributed by atoms with Crippen molar-refractivity contribution in [3.8, 4) is 0 Å². The van der Waals surface area contributed by atoms with Gasteiger partial charge in [-0.3, -0.25) is 0 Å². The Morgan fingerprint density at radius 2 is 1.57 bits per heavy atom. The van der Waals surface area contributed by atoms with E-state index in [1.165, 1.54) is 34.4 Å². The van der Waals surface area contributed by atoms with Crippen LogP contribution >= 0.6 is 0 Å². The zero-order chi connectivity index (χ0) is 22.0. The Morgan fingerprint density at radius 3 is 2.17 bits per heavy atom. The molecule has 2 unspecified atom stereocenters.